The minimum atomic E-state index is -3.14. The van der Waals surface area contributed by atoms with Gasteiger partial charge in [-0.3, -0.25) is 10.1 Å². The van der Waals surface area contributed by atoms with Gasteiger partial charge in [-0.05, 0) is 18.9 Å². The first-order valence-electron chi connectivity index (χ1n) is 9.13. The number of rotatable bonds is 7. The highest BCUT2D eigenvalue weighted by Gasteiger charge is 2.18. The second-order valence-electron chi connectivity index (χ2n) is 6.44. The van der Waals surface area contributed by atoms with Crippen LogP contribution < -0.4 is 15.4 Å². The summed E-state index contributed by atoms with van der Waals surface area (Å²) in [6.07, 6.45) is 4.57. The molecule has 10 nitrogen and oxygen atoms in total. The van der Waals surface area contributed by atoms with E-state index in [4.69, 9.17) is 0 Å². The van der Waals surface area contributed by atoms with E-state index in [1.54, 1.807) is 0 Å². The fraction of sp³-hybridized carbons (Fsp3) is 0.471. The van der Waals surface area contributed by atoms with Crippen molar-refractivity contribution >= 4 is 17.4 Å². The average Bonchev–Trinajstić information content (AvgIpc) is 2.89. The summed E-state index contributed by atoms with van der Waals surface area (Å²) in [6.45, 7) is -2.07. The van der Waals surface area contributed by atoms with Crippen molar-refractivity contribution in [1.29, 1.82) is 0 Å². The molecule has 1 aromatic carbocycles. The van der Waals surface area contributed by atoms with Crippen LogP contribution in [0, 0.1) is 10.1 Å². The number of aromatic nitrogens is 3. The number of hydrogen-bond acceptors (Lipinski definition) is 6. The van der Waals surface area contributed by atoms with Crippen LogP contribution in [0.5, 0.6) is 5.75 Å². The largest absolute Gasteiger partial charge is 0.433 e. The van der Waals surface area contributed by atoms with Gasteiger partial charge in [-0.15, -0.1) is 10.2 Å². The van der Waals surface area contributed by atoms with Gasteiger partial charge in [0, 0.05) is 38.1 Å². The normalized spacial score (nSPS) is 13.5. The number of halogens is 2. The van der Waals surface area contributed by atoms with Gasteiger partial charge < -0.3 is 19.9 Å². The lowest BCUT2D eigenvalue weighted by Gasteiger charge is -2.12. The van der Waals surface area contributed by atoms with E-state index >= 15 is 0 Å². The third-order valence-electron chi connectivity index (χ3n) is 4.46. The lowest BCUT2D eigenvalue weighted by atomic mass is 10.2. The smallest absolute Gasteiger partial charge is 0.387 e. The first-order valence-corrected chi connectivity index (χ1v) is 9.13. The minimum absolute atomic E-state index is 0.226. The lowest BCUT2D eigenvalue weighted by molar-refractivity contribution is -0.384. The molecule has 1 aromatic heterocycles. The number of nitro benzene ring substituents is 1. The van der Waals surface area contributed by atoms with Crippen molar-refractivity contribution in [1.82, 2.24) is 20.1 Å². The molecule has 0 fully saturated rings. The zero-order valence-electron chi connectivity index (χ0n) is 15.4. The molecule has 12 heteroatoms. The number of urea groups is 1. The predicted molar refractivity (Wildman–Crippen MR) is 98.0 cm³/mol. The molecular weight excluding hydrogens is 390 g/mol. The van der Waals surface area contributed by atoms with E-state index in [9.17, 15) is 23.7 Å². The first-order chi connectivity index (χ1) is 13.9. The van der Waals surface area contributed by atoms with Gasteiger partial charge in [0.2, 0.25) is 0 Å². The summed E-state index contributed by atoms with van der Waals surface area (Å²) in [6, 6.07) is 2.26. The second-order valence-corrected chi connectivity index (χ2v) is 6.44. The van der Waals surface area contributed by atoms with E-state index in [0.717, 1.165) is 62.1 Å². The van der Waals surface area contributed by atoms with Crippen LogP contribution >= 0.6 is 0 Å². The molecule has 0 saturated heterocycles. The molecular formula is C17H20F2N6O4. The van der Waals surface area contributed by atoms with E-state index in [2.05, 4.69) is 30.1 Å². The van der Waals surface area contributed by atoms with Crippen LogP contribution in [0.2, 0.25) is 0 Å². The fourth-order valence-electron chi connectivity index (χ4n) is 3.11. The molecule has 0 radical (unpaired) electrons. The zero-order chi connectivity index (χ0) is 20.8. The highest BCUT2D eigenvalue weighted by Crippen LogP contribution is 2.30. The van der Waals surface area contributed by atoms with Gasteiger partial charge in [0.25, 0.3) is 5.69 Å². The van der Waals surface area contributed by atoms with Crippen molar-refractivity contribution in [3.8, 4) is 5.75 Å². The molecule has 0 unspecified atom stereocenters. The van der Waals surface area contributed by atoms with Crippen LogP contribution in [0.3, 0.4) is 0 Å². The number of aryl methyl sites for hydroxylation is 1. The Morgan fingerprint density at radius 2 is 2.14 bits per heavy atom. The molecule has 2 heterocycles. The summed E-state index contributed by atoms with van der Waals surface area (Å²) >= 11 is 0. The van der Waals surface area contributed by atoms with Crippen LogP contribution in [-0.4, -0.2) is 38.9 Å². The molecule has 0 saturated carbocycles. The molecule has 0 spiro atoms. The van der Waals surface area contributed by atoms with Crippen molar-refractivity contribution in [3.63, 3.8) is 0 Å². The Kier molecular flexibility index (Phi) is 6.52. The third-order valence-corrected chi connectivity index (χ3v) is 4.46. The molecule has 29 heavy (non-hydrogen) atoms. The maximum Gasteiger partial charge on any atom is 0.387 e. The van der Waals surface area contributed by atoms with Gasteiger partial charge in [-0.2, -0.15) is 8.78 Å². The van der Waals surface area contributed by atoms with Crippen molar-refractivity contribution in [2.45, 2.75) is 45.3 Å². The summed E-state index contributed by atoms with van der Waals surface area (Å²) < 4.78 is 31.4. The van der Waals surface area contributed by atoms with Gasteiger partial charge in [0.05, 0.1) is 10.6 Å². The highest BCUT2D eigenvalue weighted by atomic mass is 19.3. The summed E-state index contributed by atoms with van der Waals surface area (Å²) in [5.41, 5.74) is -0.596. The number of carbonyl (C=O) groups is 1. The Morgan fingerprint density at radius 1 is 1.31 bits per heavy atom. The first kappa shape index (κ1) is 20.4. The molecule has 2 amide bonds. The van der Waals surface area contributed by atoms with E-state index in [1.165, 1.54) is 0 Å². The molecule has 0 bridgehead atoms. The summed E-state index contributed by atoms with van der Waals surface area (Å²) in [4.78, 5) is 22.3. The third kappa shape index (κ3) is 5.36. The van der Waals surface area contributed by atoms with E-state index in [0.29, 0.717) is 6.42 Å². The van der Waals surface area contributed by atoms with Gasteiger partial charge in [0.1, 0.15) is 17.4 Å². The number of nitrogens with zero attached hydrogens (tertiary/aromatic N) is 4. The van der Waals surface area contributed by atoms with Crippen LogP contribution in [0.4, 0.5) is 25.0 Å². The Balaban J connectivity index is 1.60. The topological polar surface area (TPSA) is 124 Å². The minimum Gasteiger partial charge on any atom is -0.433 e. The number of non-ortho nitro benzene ring substituents is 1. The van der Waals surface area contributed by atoms with Crippen LogP contribution in [0.25, 0.3) is 0 Å². The zero-order valence-corrected chi connectivity index (χ0v) is 15.4. The Bertz CT molecular complexity index is 889. The molecule has 0 atom stereocenters. The predicted octanol–water partition coefficient (Wildman–Crippen LogP) is 2.88. The van der Waals surface area contributed by atoms with Crippen molar-refractivity contribution in [2.24, 2.45) is 0 Å². The molecule has 2 N–H and O–H groups in total. The number of carbonyl (C=O) groups excluding carboxylic acids is 1. The summed E-state index contributed by atoms with van der Waals surface area (Å²) in [5, 5.41) is 24.1. The molecule has 0 aliphatic carbocycles. The number of nitrogens with one attached hydrogen (secondary N) is 2. The summed E-state index contributed by atoms with van der Waals surface area (Å²) in [7, 11) is 0. The van der Waals surface area contributed by atoms with Gasteiger partial charge in [-0.25, -0.2) is 4.79 Å². The van der Waals surface area contributed by atoms with Gasteiger partial charge in [-0.1, -0.05) is 6.42 Å². The number of hydrogen-bond donors (Lipinski definition) is 2. The summed E-state index contributed by atoms with van der Waals surface area (Å²) in [5.74, 6) is 1.33. The Labute approximate surface area is 164 Å². The van der Waals surface area contributed by atoms with Crippen LogP contribution in [0.1, 0.15) is 30.9 Å². The van der Waals surface area contributed by atoms with E-state index < -0.39 is 17.6 Å². The maximum atomic E-state index is 12.5. The van der Waals surface area contributed by atoms with Gasteiger partial charge in [0.15, 0.2) is 0 Å². The average molecular weight is 410 g/mol. The van der Waals surface area contributed by atoms with Crippen LogP contribution in [-0.2, 0) is 19.4 Å². The lowest BCUT2D eigenvalue weighted by Crippen LogP contribution is -2.31. The SMILES string of the molecule is O=C(NCCc1nnc2n1CCCCC2)Nc1cc([N+](=O)[O-])ccc1OC(F)F. The number of nitro groups is 1. The Morgan fingerprint density at radius 3 is 2.90 bits per heavy atom. The number of benzene rings is 1. The van der Waals surface area contributed by atoms with Crippen molar-refractivity contribution in [3.05, 3.63) is 40.0 Å². The quantitative estimate of drug-likeness (QED) is 0.534. The standard InChI is InChI=1S/C17H20F2N6O4/c18-16(19)29-13-6-5-11(25(27)28)10-12(13)21-17(26)20-8-7-15-23-22-14-4-2-1-3-9-24(14)15/h5-6,10,16H,1-4,7-9H2,(H2,20,21,26). The van der Waals surface area contributed by atoms with Crippen molar-refractivity contribution in [2.75, 3.05) is 11.9 Å². The molecule has 2 aromatic rings. The number of anilines is 1. The number of amides is 2. The van der Waals surface area contributed by atoms with Crippen molar-refractivity contribution < 1.29 is 23.2 Å². The van der Waals surface area contributed by atoms with Crippen LogP contribution in [0.15, 0.2) is 18.2 Å². The molecule has 1 aliphatic rings. The highest BCUT2D eigenvalue weighted by molar-refractivity contribution is 5.91. The number of ether oxygens (including phenoxy) is 1. The second kappa shape index (κ2) is 9.26. The number of alkyl halides is 2. The van der Waals surface area contributed by atoms with E-state index in [-0.39, 0.29) is 23.7 Å². The molecule has 156 valence electrons. The van der Waals surface area contributed by atoms with Gasteiger partial charge >= 0.3 is 12.6 Å². The fourth-order valence-corrected chi connectivity index (χ4v) is 3.11. The maximum absolute atomic E-state index is 12.5. The van der Waals surface area contributed by atoms with E-state index in [1.807, 2.05) is 0 Å². The molecule has 3 rings (SSSR count). The Hall–Kier alpha value is -3.31. The number of fused-ring (bicyclic) bond motifs is 1. The molecule has 1 aliphatic heterocycles. The monoisotopic (exact) mass is 410 g/mol.